The van der Waals surface area contributed by atoms with Crippen molar-refractivity contribution in [3.05, 3.63) is 28.2 Å². The van der Waals surface area contributed by atoms with Crippen molar-refractivity contribution >= 4 is 33.5 Å². The third kappa shape index (κ3) is 2.79. The minimum absolute atomic E-state index is 0.188. The van der Waals surface area contributed by atoms with Gasteiger partial charge in [-0.2, -0.15) is 0 Å². The number of anilines is 1. The summed E-state index contributed by atoms with van der Waals surface area (Å²) in [5.74, 6) is -1.17. The van der Waals surface area contributed by atoms with Gasteiger partial charge < -0.3 is 5.11 Å². The highest BCUT2D eigenvalue weighted by atomic mass is 79.9. The van der Waals surface area contributed by atoms with E-state index in [1.165, 1.54) is 4.90 Å². The maximum absolute atomic E-state index is 12.2. The SMILES string of the molecule is Cc1cc(Br)ccc1N1C(=O)CN(C)CC1C(=O)O. The van der Waals surface area contributed by atoms with E-state index in [2.05, 4.69) is 15.9 Å². The number of rotatable bonds is 2. The van der Waals surface area contributed by atoms with Crippen molar-refractivity contribution in [3.8, 4) is 0 Å². The summed E-state index contributed by atoms with van der Waals surface area (Å²) in [6.45, 7) is 2.43. The van der Waals surface area contributed by atoms with Crippen molar-refractivity contribution in [1.82, 2.24) is 4.90 Å². The quantitative estimate of drug-likeness (QED) is 0.894. The molecule has 0 aromatic heterocycles. The first-order valence-corrected chi connectivity index (χ1v) is 6.69. The number of carboxylic acids is 1. The molecule has 1 aromatic carbocycles. The maximum Gasteiger partial charge on any atom is 0.328 e. The Kier molecular flexibility index (Phi) is 3.91. The van der Waals surface area contributed by atoms with Crippen LogP contribution in [-0.2, 0) is 9.59 Å². The van der Waals surface area contributed by atoms with Crippen LogP contribution in [0.5, 0.6) is 0 Å². The van der Waals surface area contributed by atoms with Gasteiger partial charge in [-0.3, -0.25) is 14.6 Å². The number of amides is 1. The van der Waals surface area contributed by atoms with E-state index in [1.807, 2.05) is 19.1 Å². The van der Waals surface area contributed by atoms with Gasteiger partial charge in [-0.1, -0.05) is 15.9 Å². The standard InChI is InChI=1S/C13H15BrN2O3/c1-8-5-9(14)3-4-10(8)16-11(13(18)19)6-15(2)7-12(16)17/h3-5,11H,6-7H2,1-2H3,(H,18,19). The van der Waals surface area contributed by atoms with Crippen LogP contribution in [0, 0.1) is 6.92 Å². The third-order valence-corrected chi connectivity index (χ3v) is 3.67. The smallest absolute Gasteiger partial charge is 0.328 e. The van der Waals surface area contributed by atoms with Crippen LogP contribution in [0.1, 0.15) is 5.56 Å². The fourth-order valence-corrected chi connectivity index (χ4v) is 2.78. The predicted octanol–water partition coefficient (Wildman–Crippen LogP) is 1.49. The highest BCUT2D eigenvalue weighted by Gasteiger charge is 2.37. The number of carbonyl (C=O) groups excluding carboxylic acids is 1. The lowest BCUT2D eigenvalue weighted by atomic mass is 10.1. The summed E-state index contributed by atoms with van der Waals surface area (Å²) < 4.78 is 0.905. The third-order valence-electron chi connectivity index (χ3n) is 3.17. The van der Waals surface area contributed by atoms with Crippen LogP contribution < -0.4 is 4.90 Å². The highest BCUT2D eigenvalue weighted by Crippen LogP contribution is 2.27. The van der Waals surface area contributed by atoms with Gasteiger partial charge in [0, 0.05) is 16.7 Å². The molecule has 0 aliphatic carbocycles. The molecule has 1 amide bonds. The van der Waals surface area contributed by atoms with Crippen molar-refractivity contribution in [1.29, 1.82) is 0 Å². The number of carboxylic acid groups (broad SMARTS) is 1. The summed E-state index contributed by atoms with van der Waals surface area (Å²) in [5, 5.41) is 9.32. The summed E-state index contributed by atoms with van der Waals surface area (Å²) in [5.41, 5.74) is 1.53. The Hall–Kier alpha value is -1.40. The van der Waals surface area contributed by atoms with Crippen molar-refractivity contribution in [2.45, 2.75) is 13.0 Å². The summed E-state index contributed by atoms with van der Waals surface area (Å²) in [6.07, 6.45) is 0. The molecule has 1 heterocycles. The van der Waals surface area contributed by atoms with Gasteiger partial charge in [0.25, 0.3) is 0 Å². The number of carbonyl (C=O) groups is 2. The molecule has 1 aromatic rings. The van der Waals surface area contributed by atoms with Crippen LogP contribution in [0.2, 0.25) is 0 Å². The van der Waals surface area contributed by atoms with Gasteiger partial charge in [0.2, 0.25) is 5.91 Å². The number of hydrogen-bond acceptors (Lipinski definition) is 3. The molecule has 2 rings (SSSR count). The number of aryl methyl sites for hydroxylation is 1. The first-order valence-electron chi connectivity index (χ1n) is 5.89. The predicted molar refractivity (Wildman–Crippen MR) is 75.3 cm³/mol. The fraction of sp³-hybridized carbons (Fsp3) is 0.385. The van der Waals surface area contributed by atoms with E-state index < -0.39 is 12.0 Å². The van der Waals surface area contributed by atoms with Gasteiger partial charge in [0.15, 0.2) is 0 Å². The van der Waals surface area contributed by atoms with Crippen LogP contribution in [0.15, 0.2) is 22.7 Å². The van der Waals surface area contributed by atoms with E-state index >= 15 is 0 Å². The first-order chi connectivity index (χ1) is 8.90. The van der Waals surface area contributed by atoms with Crippen LogP contribution in [0.3, 0.4) is 0 Å². The van der Waals surface area contributed by atoms with Gasteiger partial charge in [-0.05, 0) is 37.7 Å². The second-order valence-electron chi connectivity index (χ2n) is 4.75. The maximum atomic E-state index is 12.2. The van der Waals surface area contributed by atoms with Crippen LogP contribution in [0.4, 0.5) is 5.69 Å². The summed E-state index contributed by atoms with van der Waals surface area (Å²) >= 11 is 3.36. The monoisotopic (exact) mass is 326 g/mol. The second kappa shape index (κ2) is 5.30. The molecule has 0 bridgehead atoms. The van der Waals surface area contributed by atoms with Gasteiger partial charge in [-0.25, -0.2) is 4.79 Å². The number of benzene rings is 1. The number of halogens is 1. The molecule has 1 atom stereocenters. The van der Waals surface area contributed by atoms with Crippen LogP contribution in [-0.4, -0.2) is 48.1 Å². The van der Waals surface area contributed by atoms with Gasteiger partial charge in [-0.15, -0.1) is 0 Å². The van der Waals surface area contributed by atoms with Crippen LogP contribution >= 0.6 is 15.9 Å². The molecule has 102 valence electrons. The normalized spacial score (nSPS) is 20.7. The van der Waals surface area contributed by atoms with Crippen LogP contribution in [0.25, 0.3) is 0 Å². The fourth-order valence-electron chi connectivity index (χ4n) is 2.30. The molecule has 5 nitrogen and oxygen atoms in total. The molecular weight excluding hydrogens is 312 g/mol. The van der Waals surface area contributed by atoms with E-state index in [-0.39, 0.29) is 12.5 Å². The zero-order valence-electron chi connectivity index (χ0n) is 10.8. The average Bonchev–Trinajstić information content (AvgIpc) is 2.29. The number of aliphatic carboxylic acids is 1. The molecule has 1 N–H and O–H groups in total. The zero-order chi connectivity index (χ0) is 14.2. The minimum atomic E-state index is -0.984. The average molecular weight is 327 g/mol. The summed E-state index contributed by atoms with van der Waals surface area (Å²) in [4.78, 5) is 26.7. The molecule has 1 fully saturated rings. The van der Waals surface area contributed by atoms with E-state index in [1.54, 1.807) is 18.0 Å². The lowest BCUT2D eigenvalue weighted by Gasteiger charge is -2.38. The second-order valence-corrected chi connectivity index (χ2v) is 5.66. The molecule has 6 heteroatoms. The molecule has 1 aliphatic heterocycles. The lowest BCUT2D eigenvalue weighted by Crippen LogP contribution is -2.58. The Bertz CT molecular complexity index is 533. The van der Waals surface area contributed by atoms with E-state index in [0.717, 1.165) is 10.0 Å². The Labute approximate surface area is 119 Å². The zero-order valence-corrected chi connectivity index (χ0v) is 12.3. The largest absolute Gasteiger partial charge is 0.480 e. The molecule has 1 aliphatic rings. The molecule has 1 unspecified atom stereocenters. The Morgan fingerprint density at radius 3 is 2.74 bits per heavy atom. The van der Waals surface area contributed by atoms with E-state index in [9.17, 15) is 14.7 Å². The minimum Gasteiger partial charge on any atom is -0.480 e. The Morgan fingerprint density at radius 2 is 2.16 bits per heavy atom. The van der Waals surface area contributed by atoms with Crippen molar-refractivity contribution < 1.29 is 14.7 Å². The molecule has 0 saturated carbocycles. The molecular formula is C13H15BrN2O3. The summed E-state index contributed by atoms with van der Waals surface area (Å²) in [6, 6.07) is 4.62. The number of likely N-dealkylation sites (N-methyl/N-ethyl adjacent to an activating group) is 1. The Morgan fingerprint density at radius 1 is 1.47 bits per heavy atom. The molecule has 19 heavy (non-hydrogen) atoms. The number of piperazine rings is 1. The van der Waals surface area contributed by atoms with Crippen molar-refractivity contribution in [2.24, 2.45) is 0 Å². The van der Waals surface area contributed by atoms with Gasteiger partial charge in [0.1, 0.15) is 6.04 Å². The van der Waals surface area contributed by atoms with Crippen molar-refractivity contribution in [2.75, 3.05) is 25.0 Å². The number of hydrogen-bond donors (Lipinski definition) is 1. The topological polar surface area (TPSA) is 60.9 Å². The van der Waals surface area contributed by atoms with E-state index in [0.29, 0.717) is 12.2 Å². The molecule has 0 radical (unpaired) electrons. The molecule has 0 spiro atoms. The van der Waals surface area contributed by atoms with Gasteiger partial charge >= 0.3 is 5.97 Å². The highest BCUT2D eigenvalue weighted by molar-refractivity contribution is 9.10. The van der Waals surface area contributed by atoms with E-state index in [4.69, 9.17) is 0 Å². The Balaban J connectivity index is 2.44. The first kappa shape index (κ1) is 14.0. The molecule has 1 saturated heterocycles. The lowest BCUT2D eigenvalue weighted by molar-refractivity contribution is -0.142. The summed E-state index contributed by atoms with van der Waals surface area (Å²) in [7, 11) is 1.75. The van der Waals surface area contributed by atoms with Crippen molar-refractivity contribution in [3.63, 3.8) is 0 Å². The number of nitrogens with zero attached hydrogens (tertiary/aromatic N) is 2. The van der Waals surface area contributed by atoms with Gasteiger partial charge in [0.05, 0.1) is 6.54 Å².